The summed E-state index contributed by atoms with van der Waals surface area (Å²) in [5.74, 6) is 0.486. The van der Waals surface area contributed by atoms with Gasteiger partial charge in [0.05, 0.1) is 20.8 Å². The first-order valence-corrected chi connectivity index (χ1v) is 8.27. The van der Waals surface area contributed by atoms with Gasteiger partial charge in [0.2, 0.25) is 15.7 Å². The molecule has 1 aromatic carbocycles. The maximum atomic E-state index is 12.1. The van der Waals surface area contributed by atoms with Gasteiger partial charge in [-0.25, -0.2) is 8.42 Å². The van der Waals surface area contributed by atoms with Gasteiger partial charge in [-0.15, -0.1) is 5.10 Å². The monoisotopic (exact) mass is 341 g/mol. The van der Waals surface area contributed by atoms with E-state index in [9.17, 15) is 13.2 Å². The molecule has 1 amide bonds. The standard InChI is InChI=1S/C13H15N3O6S/c1-20-9-5-4-8(6-10(9)21-2)12(17)14-7-11-15-16-13(22-11)23(3,18)19/h4-6H,7H2,1-3H3,(H,14,17). The molecule has 0 radical (unpaired) electrons. The number of hydrogen-bond donors (Lipinski definition) is 1. The van der Waals surface area contributed by atoms with Crippen LogP contribution in [-0.4, -0.2) is 45.0 Å². The fraction of sp³-hybridized carbons (Fsp3) is 0.308. The van der Waals surface area contributed by atoms with Crippen molar-refractivity contribution in [2.24, 2.45) is 0 Å². The maximum Gasteiger partial charge on any atom is 0.335 e. The van der Waals surface area contributed by atoms with Crippen LogP contribution in [-0.2, 0) is 16.4 Å². The number of nitrogens with zero attached hydrogens (tertiary/aromatic N) is 2. The minimum absolute atomic E-state index is 0.0146. The van der Waals surface area contributed by atoms with Gasteiger partial charge < -0.3 is 19.2 Å². The lowest BCUT2D eigenvalue weighted by Crippen LogP contribution is -2.23. The summed E-state index contributed by atoms with van der Waals surface area (Å²) in [6.45, 7) is -0.101. The molecule has 10 heteroatoms. The maximum absolute atomic E-state index is 12.1. The number of sulfone groups is 1. The van der Waals surface area contributed by atoms with E-state index in [1.807, 2.05) is 0 Å². The van der Waals surface area contributed by atoms with Gasteiger partial charge in [0.1, 0.15) is 0 Å². The first-order valence-electron chi connectivity index (χ1n) is 6.38. The summed E-state index contributed by atoms with van der Waals surface area (Å²) in [5, 5.41) is 9.00. The van der Waals surface area contributed by atoms with Crippen molar-refractivity contribution >= 4 is 15.7 Å². The molecule has 0 aliphatic heterocycles. The average Bonchev–Trinajstić information content (AvgIpc) is 3.01. The van der Waals surface area contributed by atoms with Crippen LogP contribution in [0.15, 0.2) is 27.8 Å². The molecule has 1 heterocycles. The number of benzene rings is 1. The van der Waals surface area contributed by atoms with Gasteiger partial charge in [-0.3, -0.25) is 4.79 Å². The van der Waals surface area contributed by atoms with Crippen LogP contribution in [0.2, 0.25) is 0 Å². The molecular weight excluding hydrogens is 326 g/mol. The fourth-order valence-corrected chi connectivity index (χ4v) is 2.13. The van der Waals surface area contributed by atoms with Crippen LogP contribution in [0.1, 0.15) is 16.2 Å². The Morgan fingerprint density at radius 3 is 2.48 bits per heavy atom. The van der Waals surface area contributed by atoms with Crippen molar-refractivity contribution in [2.45, 2.75) is 11.8 Å². The Kier molecular flexibility index (Phi) is 4.84. The van der Waals surface area contributed by atoms with E-state index in [2.05, 4.69) is 15.5 Å². The van der Waals surface area contributed by atoms with Gasteiger partial charge in [-0.2, -0.15) is 0 Å². The lowest BCUT2D eigenvalue weighted by molar-refractivity contribution is 0.0946. The summed E-state index contributed by atoms with van der Waals surface area (Å²) in [6, 6.07) is 4.68. The molecule has 0 saturated heterocycles. The summed E-state index contributed by atoms with van der Waals surface area (Å²) in [7, 11) is -0.617. The number of hydrogen-bond acceptors (Lipinski definition) is 8. The van der Waals surface area contributed by atoms with E-state index in [1.165, 1.54) is 20.3 Å². The number of ether oxygens (including phenoxy) is 2. The molecule has 23 heavy (non-hydrogen) atoms. The zero-order valence-corrected chi connectivity index (χ0v) is 13.5. The smallest absolute Gasteiger partial charge is 0.335 e. The van der Waals surface area contributed by atoms with Crippen molar-refractivity contribution in [1.29, 1.82) is 0 Å². The van der Waals surface area contributed by atoms with Crippen molar-refractivity contribution in [3.05, 3.63) is 29.7 Å². The molecule has 0 saturated carbocycles. The number of aromatic nitrogens is 2. The molecule has 1 aromatic heterocycles. The van der Waals surface area contributed by atoms with E-state index in [4.69, 9.17) is 13.9 Å². The topological polar surface area (TPSA) is 121 Å². The van der Waals surface area contributed by atoms with Crippen molar-refractivity contribution in [1.82, 2.24) is 15.5 Å². The first kappa shape index (κ1) is 16.7. The third-order valence-corrected chi connectivity index (χ3v) is 3.61. The molecule has 124 valence electrons. The highest BCUT2D eigenvalue weighted by Gasteiger charge is 2.17. The molecule has 0 fully saturated rings. The number of rotatable bonds is 6. The molecule has 0 atom stereocenters. The Bertz CT molecular complexity index is 815. The van der Waals surface area contributed by atoms with Crippen molar-refractivity contribution < 1.29 is 27.1 Å². The third kappa shape index (κ3) is 3.97. The number of carbonyl (C=O) groups excluding carboxylic acids is 1. The van der Waals surface area contributed by atoms with Gasteiger partial charge in [-0.1, -0.05) is 5.10 Å². The van der Waals surface area contributed by atoms with Crippen LogP contribution in [0, 0.1) is 0 Å². The Morgan fingerprint density at radius 1 is 1.22 bits per heavy atom. The number of amides is 1. The minimum Gasteiger partial charge on any atom is -0.493 e. The van der Waals surface area contributed by atoms with E-state index < -0.39 is 21.0 Å². The van der Waals surface area contributed by atoms with Gasteiger partial charge >= 0.3 is 5.22 Å². The number of methoxy groups -OCH3 is 2. The largest absolute Gasteiger partial charge is 0.493 e. The molecule has 2 rings (SSSR count). The Labute approximate surface area is 132 Å². The SMILES string of the molecule is COc1ccc(C(=O)NCc2nnc(S(C)(=O)=O)o2)cc1OC. The van der Waals surface area contributed by atoms with Crippen molar-refractivity contribution in [3.8, 4) is 11.5 Å². The molecule has 0 aliphatic carbocycles. The second-order valence-electron chi connectivity index (χ2n) is 4.49. The predicted octanol–water partition coefficient (Wildman–Crippen LogP) is 0.420. The second-order valence-corrected chi connectivity index (χ2v) is 6.38. The van der Waals surface area contributed by atoms with Gasteiger partial charge in [0.25, 0.3) is 5.91 Å². The van der Waals surface area contributed by atoms with Gasteiger partial charge in [0.15, 0.2) is 11.5 Å². The predicted molar refractivity (Wildman–Crippen MR) is 78.1 cm³/mol. The Morgan fingerprint density at radius 2 is 1.91 bits per heavy atom. The van der Waals surface area contributed by atoms with Crippen LogP contribution < -0.4 is 14.8 Å². The fourth-order valence-electron chi connectivity index (χ4n) is 1.69. The highest BCUT2D eigenvalue weighted by Crippen LogP contribution is 2.27. The number of carbonyl (C=O) groups is 1. The lowest BCUT2D eigenvalue weighted by atomic mass is 10.2. The van der Waals surface area contributed by atoms with E-state index >= 15 is 0 Å². The molecular formula is C13H15N3O6S. The zero-order valence-electron chi connectivity index (χ0n) is 12.7. The van der Waals surface area contributed by atoms with Crippen LogP contribution >= 0.6 is 0 Å². The van der Waals surface area contributed by atoms with E-state index in [0.717, 1.165) is 6.26 Å². The van der Waals surface area contributed by atoms with Crippen LogP contribution in [0.3, 0.4) is 0 Å². The van der Waals surface area contributed by atoms with Crippen LogP contribution in [0.25, 0.3) is 0 Å². The molecule has 0 bridgehead atoms. The third-order valence-electron chi connectivity index (χ3n) is 2.81. The van der Waals surface area contributed by atoms with E-state index in [-0.39, 0.29) is 12.4 Å². The van der Waals surface area contributed by atoms with Crippen LogP contribution in [0.4, 0.5) is 0 Å². The molecule has 0 spiro atoms. The highest BCUT2D eigenvalue weighted by atomic mass is 32.2. The van der Waals surface area contributed by atoms with Crippen molar-refractivity contribution in [2.75, 3.05) is 20.5 Å². The first-order chi connectivity index (χ1) is 10.8. The Hall–Kier alpha value is -2.62. The summed E-state index contributed by atoms with van der Waals surface area (Å²) >= 11 is 0. The van der Waals surface area contributed by atoms with Gasteiger partial charge in [0, 0.05) is 11.8 Å². The summed E-state index contributed by atoms with van der Waals surface area (Å²) in [4.78, 5) is 12.1. The molecule has 1 N–H and O–H groups in total. The average molecular weight is 341 g/mol. The molecule has 2 aromatic rings. The summed E-state index contributed by atoms with van der Waals surface area (Å²) < 4.78 is 37.6. The lowest BCUT2D eigenvalue weighted by Gasteiger charge is -2.09. The zero-order chi connectivity index (χ0) is 17.0. The summed E-state index contributed by atoms with van der Waals surface area (Å²) in [6.07, 6.45) is 0.951. The molecule has 9 nitrogen and oxygen atoms in total. The molecule has 0 aliphatic rings. The van der Waals surface area contributed by atoms with Crippen LogP contribution in [0.5, 0.6) is 11.5 Å². The normalized spacial score (nSPS) is 11.1. The van der Waals surface area contributed by atoms with E-state index in [1.54, 1.807) is 12.1 Å². The minimum atomic E-state index is -3.57. The highest BCUT2D eigenvalue weighted by molar-refractivity contribution is 7.90. The Balaban J connectivity index is 2.06. The van der Waals surface area contributed by atoms with E-state index in [0.29, 0.717) is 17.1 Å². The quantitative estimate of drug-likeness (QED) is 0.802. The van der Waals surface area contributed by atoms with Gasteiger partial charge in [-0.05, 0) is 18.2 Å². The summed E-state index contributed by atoms with van der Waals surface area (Å²) in [5.41, 5.74) is 0.338. The van der Waals surface area contributed by atoms with Crippen molar-refractivity contribution in [3.63, 3.8) is 0 Å². The molecule has 0 unspecified atom stereocenters. The second kappa shape index (κ2) is 6.65. The number of nitrogens with one attached hydrogen (secondary N) is 1.